The Morgan fingerprint density at radius 3 is 1.46 bits per heavy atom. The molecule has 21 nitrogen and oxygen atoms in total. The molecule has 1 fully saturated rings. The Bertz CT molecular complexity index is 1240. The minimum Gasteiger partial charge on any atom is -0.481 e. The predicted molar refractivity (Wildman–Crippen MR) is 158 cm³/mol. The normalized spacial score (nSPS) is 19.6. The van der Waals surface area contributed by atoms with Gasteiger partial charge in [-0.1, -0.05) is 0 Å². The first kappa shape index (κ1) is 41.9. The third-order valence-corrected chi connectivity index (χ3v) is 8.00. The summed E-state index contributed by atoms with van der Waals surface area (Å²) >= 11 is 0. The van der Waals surface area contributed by atoms with Gasteiger partial charge in [-0.15, -0.1) is 0 Å². The lowest BCUT2D eigenvalue weighted by atomic mass is 9.94. The maximum Gasteiger partial charge on any atom is 0.529 e. The van der Waals surface area contributed by atoms with Crippen LogP contribution in [0, 0.1) is 0 Å². The summed E-state index contributed by atoms with van der Waals surface area (Å²) in [6, 6.07) is -6.92. The molecule has 48 heavy (non-hydrogen) atoms. The van der Waals surface area contributed by atoms with Gasteiger partial charge in [0.25, 0.3) is 0 Å². The molecule has 0 radical (unpaired) electrons. The van der Waals surface area contributed by atoms with Gasteiger partial charge in [-0.2, -0.15) is 0 Å². The number of phosphoric ester groups is 1. The van der Waals surface area contributed by atoms with Gasteiger partial charge in [0, 0.05) is 31.7 Å². The van der Waals surface area contributed by atoms with Crippen LogP contribution in [0.4, 0.5) is 0 Å². The van der Waals surface area contributed by atoms with Gasteiger partial charge in [-0.25, -0.2) is 9.36 Å². The van der Waals surface area contributed by atoms with Crippen molar-refractivity contribution in [3.63, 3.8) is 0 Å². The molecular formula is C26H42N5O16P. The second kappa shape index (κ2) is 20.3. The van der Waals surface area contributed by atoms with Gasteiger partial charge < -0.3 is 52.4 Å². The van der Waals surface area contributed by atoms with Crippen molar-refractivity contribution < 1.29 is 77.3 Å². The fraction of sp³-hybridized carbons (Fsp3) is 0.692. The van der Waals surface area contributed by atoms with Crippen molar-refractivity contribution in [2.24, 2.45) is 11.5 Å². The molecule has 0 aromatic rings. The Balaban J connectivity index is 3.15. The molecule has 1 unspecified atom stereocenters. The SMILES string of the molecule is NC1CCC(OP(=O)(O)OC(=O)[C@H](CCC(=O)O)NC(=O)[C@H](CCC(=O)O)NC(=O)[C@H](CCC(=O)O)NC(=O)[C@@H](N)CCC(=O)O)CC1. The van der Waals surface area contributed by atoms with Crippen molar-refractivity contribution in [2.75, 3.05) is 0 Å². The summed E-state index contributed by atoms with van der Waals surface area (Å²) in [6.07, 6.45) is -4.12. The summed E-state index contributed by atoms with van der Waals surface area (Å²) in [7, 11) is -5.08. The molecule has 1 rings (SSSR count). The Hall–Kier alpha value is -4.17. The second-order valence-corrected chi connectivity index (χ2v) is 12.4. The molecule has 0 aliphatic heterocycles. The molecule has 0 aromatic carbocycles. The number of phosphoric acid groups is 1. The van der Waals surface area contributed by atoms with Crippen LogP contribution in [0.15, 0.2) is 0 Å². The van der Waals surface area contributed by atoms with Gasteiger partial charge >= 0.3 is 37.7 Å². The largest absolute Gasteiger partial charge is 0.529 e. The number of amides is 3. The molecule has 3 amide bonds. The summed E-state index contributed by atoms with van der Waals surface area (Å²) in [4.78, 5) is 106. The molecule has 1 aliphatic carbocycles. The smallest absolute Gasteiger partial charge is 0.481 e. The van der Waals surface area contributed by atoms with Crippen molar-refractivity contribution in [1.29, 1.82) is 0 Å². The van der Waals surface area contributed by atoms with Crippen LogP contribution in [0.25, 0.3) is 0 Å². The molecule has 5 atom stereocenters. The average Bonchev–Trinajstić information content (AvgIpc) is 2.98. The Labute approximate surface area is 273 Å². The molecule has 0 bridgehead atoms. The van der Waals surface area contributed by atoms with Crippen LogP contribution in [-0.2, 0) is 52.0 Å². The Kier molecular flexibility index (Phi) is 17.7. The standard InChI is InChI=1S/C26H42N5O16P/c27-13-1-3-14(4-2-13)46-48(44,45)47-26(43)18(8-12-22(38)39)31-25(42)17(7-11-21(36)37)30-24(41)16(6-10-20(34)35)29-23(40)15(28)5-9-19(32)33/h13-18H,1-12,27-28H2,(H,29,40)(H,30,41)(H,31,42)(H,32,33)(H,34,35)(H,36,37)(H,38,39)(H,44,45)/t13?,14?,15-,16-,17-,18-/m0/s1. The molecule has 0 heterocycles. The Morgan fingerprint density at radius 2 is 1.02 bits per heavy atom. The van der Waals surface area contributed by atoms with Gasteiger partial charge in [0.15, 0.2) is 0 Å². The van der Waals surface area contributed by atoms with Crippen molar-refractivity contribution in [1.82, 2.24) is 16.0 Å². The van der Waals surface area contributed by atoms with Gasteiger partial charge in [-0.3, -0.25) is 43.0 Å². The number of hydrogen-bond acceptors (Lipinski definition) is 13. The number of aliphatic carboxylic acids is 4. The first-order valence-electron chi connectivity index (χ1n) is 14.8. The van der Waals surface area contributed by atoms with E-state index in [1.165, 1.54) is 0 Å². The zero-order chi connectivity index (χ0) is 36.6. The number of carbonyl (C=O) groups excluding carboxylic acids is 4. The molecule has 12 N–H and O–H groups in total. The van der Waals surface area contributed by atoms with Crippen LogP contribution in [0.2, 0.25) is 0 Å². The average molecular weight is 712 g/mol. The third-order valence-electron chi connectivity index (χ3n) is 7.02. The van der Waals surface area contributed by atoms with Gasteiger partial charge in [0.1, 0.15) is 18.1 Å². The quantitative estimate of drug-likeness (QED) is 0.0551. The fourth-order valence-electron chi connectivity index (χ4n) is 4.40. The first-order valence-corrected chi connectivity index (χ1v) is 16.3. The minimum atomic E-state index is -5.08. The lowest BCUT2D eigenvalue weighted by molar-refractivity contribution is -0.144. The van der Waals surface area contributed by atoms with Gasteiger partial charge in [-0.05, 0) is 51.4 Å². The van der Waals surface area contributed by atoms with Crippen LogP contribution in [0.1, 0.15) is 77.0 Å². The van der Waals surface area contributed by atoms with Crippen LogP contribution >= 0.6 is 7.82 Å². The fourth-order valence-corrected chi connectivity index (χ4v) is 5.39. The molecule has 0 spiro atoms. The zero-order valence-electron chi connectivity index (χ0n) is 25.8. The van der Waals surface area contributed by atoms with E-state index >= 15 is 0 Å². The van der Waals surface area contributed by atoms with E-state index in [0.29, 0.717) is 12.8 Å². The highest BCUT2D eigenvalue weighted by Gasteiger charge is 2.37. The van der Waals surface area contributed by atoms with Crippen LogP contribution in [-0.4, -0.2) is 109 Å². The number of rotatable bonds is 22. The van der Waals surface area contributed by atoms with Crippen molar-refractivity contribution in [2.45, 2.75) is 113 Å². The highest BCUT2D eigenvalue weighted by atomic mass is 31.2. The molecule has 272 valence electrons. The van der Waals surface area contributed by atoms with Crippen LogP contribution in [0.3, 0.4) is 0 Å². The molecule has 0 aromatic heterocycles. The minimum absolute atomic E-state index is 0.138. The molecule has 1 aliphatic rings. The van der Waals surface area contributed by atoms with Crippen molar-refractivity contribution in [3.05, 3.63) is 0 Å². The molecule has 22 heteroatoms. The highest BCUT2D eigenvalue weighted by molar-refractivity contribution is 7.48. The number of carboxylic acid groups (broad SMARTS) is 4. The maximum absolute atomic E-state index is 13.2. The number of nitrogens with two attached hydrogens (primary N) is 2. The summed E-state index contributed by atoms with van der Waals surface area (Å²) in [5.74, 6) is -10.6. The van der Waals surface area contributed by atoms with Crippen LogP contribution < -0.4 is 27.4 Å². The van der Waals surface area contributed by atoms with Crippen molar-refractivity contribution >= 4 is 55.4 Å². The van der Waals surface area contributed by atoms with E-state index in [2.05, 4.69) is 20.5 Å². The number of carboxylic acids is 4. The number of carbonyl (C=O) groups is 8. The van der Waals surface area contributed by atoms with E-state index in [0.717, 1.165) is 0 Å². The molecule has 1 saturated carbocycles. The molecule has 0 saturated heterocycles. The maximum atomic E-state index is 13.2. The highest BCUT2D eigenvalue weighted by Crippen LogP contribution is 2.47. The zero-order valence-corrected chi connectivity index (χ0v) is 26.7. The Morgan fingerprint density at radius 1 is 0.646 bits per heavy atom. The van der Waals surface area contributed by atoms with Crippen LogP contribution in [0.5, 0.6) is 0 Å². The van der Waals surface area contributed by atoms with E-state index in [1.807, 2.05) is 0 Å². The van der Waals surface area contributed by atoms with E-state index in [9.17, 15) is 47.8 Å². The number of hydrogen-bond donors (Lipinski definition) is 10. The lowest BCUT2D eigenvalue weighted by Crippen LogP contribution is -2.57. The van der Waals surface area contributed by atoms with Gasteiger partial charge in [0.2, 0.25) is 17.7 Å². The first-order chi connectivity index (χ1) is 22.3. The molecular weight excluding hydrogens is 669 g/mol. The second-order valence-electron chi connectivity index (χ2n) is 11.0. The summed E-state index contributed by atoms with van der Waals surface area (Å²) in [5, 5.41) is 42.5. The van der Waals surface area contributed by atoms with E-state index < -0.39 is 131 Å². The lowest BCUT2D eigenvalue weighted by Gasteiger charge is -2.28. The van der Waals surface area contributed by atoms with Crippen molar-refractivity contribution in [3.8, 4) is 0 Å². The van der Waals surface area contributed by atoms with E-state index in [4.69, 9.17) is 36.4 Å². The monoisotopic (exact) mass is 711 g/mol. The summed E-state index contributed by atoms with van der Waals surface area (Å²) in [6.45, 7) is 0. The summed E-state index contributed by atoms with van der Waals surface area (Å²) < 4.78 is 22.2. The predicted octanol–water partition coefficient (Wildman–Crippen LogP) is -1.84. The third kappa shape index (κ3) is 17.1. The van der Waals surface area contributed by atoms with Gasteiger partial charge in [0.05, 0.1) is 12.1 Å². The summed E-state index contributed by atoms with van der Waals surface area (Å²) in [5.41, 5.74) is 11.4. The number of nitrogens with one attached hydrogen (secondary N) is 3. The van der Waals surface area contributed by atoms with E-state index in [1.54, 1.807) is 0 Å². The van der Waals surface area contributed by atoms with E-state index in [-0.39, 0.29) is 25.3 Å². The topological polar surface area (TPSA) is 361 Å².